The van der Waals surface area contributed by atoms with E-state index < -0.39 is 11.7 Å². The first-order chi connectivity index (χ1) is 7.29. The first kappa shape index (κ1) is 12.9. The Hall–Kier alpha value is -1.12. The van der Waals surface area contributed by atoms with Crippen LogP contribution in [0.4, 0.5) is 10.6 Å². The fourth-order valence-electron chi connectivity index (χ4n) is 0.870. The SMILES string of the molecule is CC(C)(C)OC(=O)Nc1nc[nH]c(=O)c1I. The third-order valence-electron chi connectivity index (χ3n) is 1.42. The topological polar surface area (TPSA) is 84.1 Å². The summed E-state index contributed by atoms with van der Waals surface area (Å²) in [6, 6.07) is 0. The van der Waals surface area contributed by atoms with E-state index in [9.17, 15) is 9.59 Å². The van der Waals surface area contributed by atoms with Gasteiger partial charge >= 0.3 is 6.09 Å². The molecular formula is C9H12IN3O3. The highest BCUT2D eigenvalue weighted by atomic mass is 127. The molecule has 0 aliphatic heterocycles. The Bertz CT molecular complexity index is 450. The highest BCUT2D eigenvalue weighted by Gasteiger charge is 2.17. The lowest BCUT2D eigenvalue weighted by atomic mass is 10.2. The molecule has 6 nitrogen and oxygen atoms in total. The first-order valence-electron chi connectivity index (χ1n) is 4.53. The molecule has 0 fully saturated rings. The largest absolute Gasteiger partial charge is 0.444 e. The van der Waals surface area contributed by atoms with Gasteiger partial charge in [0.05, 0.1) is 6.33 Å². The van der Waals surface area contributed by atoms with E-state index in [1.165, 1.54) is 6.33 Å². The van der Waals surface area contributed by atoms with Gasteiger partial charge in [-0.1, -0.05) is 0 Å². The van der Waals surface area contributed by atoms with Crippen LogP contribution in [0.25, 0.3) is 0 Å². The summed E-state index contributed by atoms with van der Waals surface area (Å²) in [5.74, 6) is 0.193. The average Bonchev–Trinajstić information content (AvgIpc) is 2.09. The number of amides is 1. The zero-order chi connectivity index (χ0) is 12.3. The Morgan fingerprint density at radius 1 is 1.56 bits per heavy atom. The second-order valence-corrected chi connectivity index (χ2v) is 5.10. The van der Waals surface area contributed by atoms with Crippen molar-refractivity contribution in [2.75, 3.05) is 5.32 Å². The van der Waals surface area contributed by atoms with Crippen LogP contribution in [0.5, 0.6) is 0 Å². The van der Waals surface area contributed by atoms with Gasteiger partial charge in [0.25, 0.3) is 5.56 Å². The monoisotopic (exact) mass is 337 g/mol. The molecule has 0 saturated heterocycles. The standard InChI is InChI=1S/C9H12IN3O3/c1-9(2,3)16-8(15)13-6-5(10)7(14)12-4-11-6/h4H,1-3H3,(H2,11,12,13,14,15). The molecule has 7 heteroatoms. The molecule has 0 aliphatic rings. The van der Waals surface area contributed by atoms with E-state index in [-0.39, 0.29) is 11.4 Å². The lowest BCUT2D eigenvalue weighted by Gasteiger charge is -2.19. The Morgan fingerprint density at radius 2 is 2.19 bits per heavy atom. The van der Waals surface area contributed by atoms with Crippen molar-refractivity contribution in [2.24, 2.45) is 0 Å². The number of nitrogens with zero attached hydrogens (tertiary/aromatic N) is 1. The molecule has 0 aliphatic carbocycles. The molecule has 1 rings (SSSR count). The van der Waals surface area contributed by atoms with Crippen LogP contribution in [0, 0.1) is 3.57 Å². The highest BCUT2D eigenvalue weighted by Crippen LogP contribution is 2.12. The van der Waals surface area contributed by atoms with Crippen molar-refractivity contribution in [1.29, 1.82) is 0 Å². The molecule has 1 aromatic rings. The summed E-state index contributed by atoms with van der Waals surface area (Å²) < 4.78 is 5.34. The number of hydrogen-bond acceptors (Lipinski definition) is 4. The fraction of sp³-hybridized carbons (Fsp3) is 0.444. The predicted molar refractivity (Wildman–Crippen MR) is 67.4 cm³/mol. The summed E-state index contributed by atoms with van der Waals surface area (Å²) in [4.78, 5) is 28.8. The molecule has 0 bridgehead atoms. The van der Waals surface area contributed by atoms with E-state index in [1.807, 2.05) is 0 Å². The second-order valence-electron chi connectivity index (χ2n) is 4.02. The number of H-pyrrole nitrogens is 1. The minimum atomic E-state index is -0.636. The maximum atomic E-state index is 11.4. The zero-order valence-electron chi connectivity index (χ0n) is 9.13. The van der Waals surface area contributed by atoms with Crippen LogP contribution in [-0.4, -0.2) is 21.7 Å². The predicted octanol–water partition coefficient (Wildman–Crippen LogP) is 1.72. The molecule has 2 N–H and O–H groups in total. The lowest BCUT2D eigenvalue weighted by Crippen LogP contribution is -2.28. The normalized spacial score (nSPS) is 11.0. The van der Waals surface area contributed by atoms with Crippen LogP contribution in [0.2, 0.25) is 0 Å². The van der Waals surface area contributed by atoms with Gasteiger partial charge in [0.1, 0.15) is 9.17 Å². The van der Waals surface area contributed by atoms with Crippen LogP contribution >= 0.6 is 22.6 Å². The summed E-state index contributed by atoms with van der Waals surface area (Å²) in [5, 5.41) is 2.41. The van der Waals surface area contributed by atoms with Gasteiger partial charge in [0.2, 0.25) is 0 Å². The third kappa shape index (κ3) is 3.80. The van der Waals surface area contributed by atoms with Gasteiger partial charge in [-0.3, -0.25) is 10.1 Å². The van der Waals surface area contributed by atoms with Crippen molar-refractivity contribution >= 4 is 34.5 Å². The smallest absolute Gasteiger partial charge is 0.413 e. The number of rotatable bonds is 1. The van der Waals surface area contributed by atoms with Crippen LogP contribution in [-0.2, 0) is 4.74 Å². The Balaban J connectivity index is 2.78. The number of anilines is 1. The molecule has 0 unspecified atom stereocenters. The van der Waals surface area contributed by atoms with Crippen LogP contribution in [0.15, 0.2) is 11.1 Å². The van der Waals surface area contributed by atoms with Gasteiger partial charge < -0.3 is 9.72 Å². The molecule has 1 amide bonds. The molecule has 1 aromatic heterocycles. The summed E-state index contributed by atoms with van der Waals surface area (Å²) in [5.41, 5.74) is -0.891. The number of hydrogen-bond donors (Lipinski definition) is 2. The van der Waals surface area contributed by atoms with E-state index in [4.69, 9.17) is 4.74 Å². The van der Waals surface area contributed by atoms with Crippen molar-refractivity contribution in [2.45, 2.75) is 26.4 Å². The molecular weight excluding hydrogens is 325 g/mol. The van der Waals surface area contributed by atoms with E-state index >= 15 is 0 Å². The second kappa shape index (κ2) is 4.81. The molecule has 0 spiro atoms. The Kier molecular flexibility index (Phi) is 3.89. The van der Waals surface area contributed by atoms with Gasteiger partial charge in [-0.2, -0.15) is 0 Å². The van der Waals surface area contributed by atoms with Crippen LogP contribution in [0.3, 0.4) is 0 Å². The van der Waals surface area contributed by atoms with Crippen molar-refractivity contribution < 1.29 is 9.53 Å². The van der Waals surface area contributed by atoms with E-state index in [0.717, 1.165) is 0 Å². The fourth-order valence-corrected chi connectivity index (χ4v) is 1.30. The molecule has 0 saturated carbocycles. The third-order valence-corrected chi connectivity index (χ3v) is 2.42. The summed E-state index contributed by atoms with van der Waals surface area (Å²) in [6.07, 6.45) is 0.584. The molecule has 1 heterocycles. The Labute approximate surface area is 106 Å². The van der Waals surface area contributed by atoms with Crippen molar-refractivity contribution in [3.05, 3.63) is 20.3 Å². The molecule has 88 valence electrons. The van der Waals surface area contributed by atoms with Gasteiger partial charge in [0, 0.05) is 0 Å². The maximum Gasteiger partial charge on any atom is 0.413 e. The van der Waals surface area contributed by atoms with Gasteiger partial charge in [-0.25, -0.2) is 9.78 Å². The number of carbonyl (C=O) groups is 1. The van der Waals surface area contributed by atoms with E-state index in [0.29, 0.717) is 3.57 Å². The maximum absolute atomic E-state index is 11.4. The summed E-state index contributed by atoms with van der Waals surface area (Å²) in [7, 11) is 0. The first-order valence-corrected chi connectivity index (χ1v) is 5.60. The average molecular weight is 337 g/mol. The number of carbonyl (C=O) groups excluding carboxylic acids is 1. The van der Waals surface area contributed by atoms with E-state index in [1.54, 1.807) is 43.4 Å². The number of aromatic nitrogens is 2. The zero-order valence-corrected chi connectivity index (χ0v) is 11.3. The van der Waals surface area contributed by atoms with Gasteiger partial charge in [-0.15, -0.1) is 0 Å². The molecule has 0 radical (unpaired) electrons. The molecule has 0 atom stereocenters. The van der Waals surface area contributed by atoms with Crippen LogP contribution in [0.1, 0.15) is 20.8 Å². The number of ether oxygens (including phenoxy) is 1. The summed E-state index contributed by atoms with van der Waals surface area (Å²) in [6.45, 7) is 5.26. The summed E-state index contributed by atoms with van der Waals surface area (Å²) >= 11 is 1.80. The van der Waals surface area contributed by atoms with Crippen molar-refractivity contribution in [3.63, 3.8) is 0 Å². The Morgan fingerprint density at radius 3 is 2.75 bits per heavy atom. The van der Waals surface area contributed by atoms with Gasteiger partial charge in [0.15, 0.2) is 5.82 Å². The minimum absolute atomic E-state index is 0.193. The highest BCUT2D eigenvalue weighted by molar-refractivity contribution is 14.1. The van der Waals surface area contributed by atoms with Crippen molar-refractivity contribution in [1.82, 2.24) is 9.97 Å². The number of nitrogens with one attached hydrogen (secondary N) is 2. The van der Waals surface area contributed by atoms with E-state index in [2.05, 4.69) is 15.3 Å². The number of aromatic amines is 1. The molecule has 0 aromatic carbocycles. The van der Waals surface area contributed by atoms with Crippen LogP contribution < -0.4 is 10.9 Å². The van der Waals surface area contributed by atoms with Gasteiger partial charge in [-0.05, 0) is 43.4 Å². The minimum Gasteiger partial charge on any atom is -0.444 e. The molecule has 16 heavy (non-hydrogen) atoms. The lowest BCUT2D eigenvalue weighted by molar-refractivity contribution is 0.0635. The van der Waals surface area contributed by atoms with Crippen molar-refractivity contribution in [3.8, 4) is 0 Å². The number of halogens is 1. The quantitative estimate of drug-likeness (QED) is 0.765.